The molecule has 0 heteroatoms. The monoisotopic (exact) mass is 288 g/mol. The molecule has 1 aromatic carbocycles. The van der Waals surface area contributed by atoms with Crippen LogP contribution in [0.3, 0.4) is 0 Å². The molecule has 1 aliphatic carbocycles. The van der Waals surface area contributed by atoms with E-state index >= 15 is 0 Å². The summed E-state index contributed by atoms with van der Waals surface area (Å²) < 4.78 is 0. The van der Waals surface area contributed by atoms with Gasteiger partial charge in [-0.2, -0.15) is 0 Å². The van der Waals surface area contributed by atoms with Gasteiger partial charge < -0.3 is 0 Å². The second-order valence-corrected chi connectivity index (χ2v) is 6.61. The molecule has 0 N–H and O–H groups in total. The summed E-state index contributed by atoms with van der Waals surface area (Å²) >= 11 is 0. The van der Waals surface area contributed by atoms with Crippen LogP contribution in [0.1, 0.15) is 90.5 Å². The fourth-order valence-corrected chi connectivity index (χ4v) is 3.70. The molecule has 0 amide bonds. The molecule has 0 aliphatic heterocycles. The molecule has 120 valence electrons. The van der Waals surface area contributed by atoms with Gasteiger partial charge in [0.1, 0.15) is 0 Å². The minimum absolute atomic E-state index is 0.836. The van der Waals surface area contributed by atoms with Gasteiger partial charge in [-0.15, -0.1) is 0 Å². The Hall–Kier alpha value is -0.780. The van der Waals surface area contributed by atoms with Gasteiger partial charge in [0.05, 0.1) is 0 Å². The Morgan fingerprint density at radius 1 is 1.00 bits per heavy atom. The van der Waals surface area contributed by atoms with Crippen LogP contribution in [0.25, 0.3) is 0 Å². The van der Waals surface area contributed by atoms with E-state index in [9.17, 15) is 0 Å². The van der Waals surface area contributed by atoms with Crippen molar-refractivity contribution in [2.24, 2.45) is 11.8 Å². The molecule has 0 heterocycles. The number of unbranched alkanes of at least 4 members (excludes halogenated alkanes) is 1. The summed E-state index contributed by atoms with van der Waals surface area (Å²) in [5.74, 6) is 2.79. The Bertz CT molecular complexity index is 332. The van der Waals surface area contributed by atoms with Crippen molar-refractivity contribution in [1.82, 2.24) is 0 Å². The predicted octanol–water partition coefficient (Wildman–Crippen LogP) is 7.20. The average Bonchev–Trinajstić information content (AvgIpc) is 2.56. The summed E-state index contributed by atoms with van der Waals surface area (Å²) in [6.45, 7) is 8.76. The summed E-state index contributed by atoms with van der Waals surface area (Å²) in [7, 11) is 0. The lowest BCUT2D eigenvalue weighted by molar-refractivity contribution is 0.268. The molecule has 0 spiro atoms. The second-order valence-electron chi connectivity index (χ2n) is 6.61. The third kappa shape index (κ3) is 6.68. The predicted molar refractivity (Wildman–Crippen MR) is 95.8 cm³/mol. The maximum Gasteiger partial charge on any atom is -0.0162 e. The van der Waals surface area contributed by atoms with E-state index < -0.39 is 0 Å². The summed E-state index contributed by atoms with van der Waals surface area (Å²) in [6, 6.07) is 11.1. The van der Waals surface area contributed by atoms with Crippen molar-refractivity contribution in [3.05, 3.63) is 35.9 Å². The summed E-state index contributed by atoms with van der Waals surface area (Å²) in [5.41, 5.74) is 1.57. The minimum Gasteiger partial charge on any atom is -0.0683 e. The van der Waals surface area contributed by atoms with Gasteiger partial charge >= 0.3 is 0 Å². The van der Waals surface area contributed by atoms with Crippen LogP contribution in [-0.4, -0.2) is 0 Å². The smallest absolute Gasteiger partial charge is 0.0162 e. The quantitative estimate of drug-likeness (QED) is 0.519. The van der Waals surface area contributed by atoms with Crippen LogP contribution in [0.5, 0.6) is 0 Å². The molecule has 0 bridgehead atoms. The molecule has 2 rings (SSSR count). The molecule has 0 aromatic heterocycles. The zero-order chi connectivity index (χ0) is 15.5. The highest BCUT2D eigenvalue weighted by molar-refractivity contribution is 5.19. The molecule has 1 fully saturated rings. The molecule has 0 radical (unpaired) electrons. The molecule has 1 atom stereocenters. The van der Waals surface area contributed by atoms with Gasteiger partial charge in [-0.1, -0.05) is 77.3 Å². The zero-order valence-electron chi connectivity index (χ0n) is 14.8. The average molecular weight is 289 g/mol. The van der Waals surface area contributed by atoms with Gasteiger partial charge in [0.15, 0.2) is 0 Å². The maximum atomic E-state index is 2.46. The van der Waals surface area contributed by atoms with Crippen LogP contribution in [0, 0.1) is 11.8 Å². The first kappa shape index (κ1) is 18.3. The van der Waals surface area contributed by atoms with Gasteiger partial charge in [0, 0.05) is 0 Å². The minimum atomic E-state index is 0.836. The standard InChI is InChI=1S/C19H30.C2H6/c1-3-4-8-16(2)15-17-11-13-19(14-12-17)18-9-6-5-7-10-18;1-2/h5-7,9-10,16-17,19H,3-4,8,11-15H2,1-2H3;1-2H3. The highest BCUT2D eigenvalue weighted by atomic mass is 14.3. The van der Waals surface area contributed by atoms with E-state index in [4.69, 9.17) is 0 Å². The Kier molecular flexibility index (Phi) is 9.46. The Balaban J connectivity index is 0.00000106. The highest BCUT2D eigenvalue weighted by Crippen LogP contribution is 2.38. The maximum absolute atomic E-state index is 2.46. The number of rotatable bonds is 6. The van der Waals surface area contributed by atoms with Crippen molar-refractivity contribution in [3.63, 3.8) is 0 Å². The number of hydrogen-bond acceptors (Lipinski definition) is 0. The van der Waals surface area contributed by atoms with Gasteiger partial charge in [-0.05, 0) is 55.4 Å². The lowest BCUT2D eigenvalue weighted by Gasteiger charge is -2.30. The van der Waals surface area contributed by atoms with Crippen LogP contribution >= 0.6 is 0 Å². The van der Waals surface area contributed by atoms with E-state index in [1.165, 1.54) is 51.4 Å². The van der Waals surface area contributed by atoms with E-state index in [1.54, 1.807) is 5.56 Å². The molecule has 0 nitrogen and oxygen atoms in total. The molecular weight excluding hydrogens is 252 g/mol. The fraction of sp³-hybridized carbons (Fsp3) is 0.714. The Labute approximate surface area is 133 Å². The van der Waals surface area contributed by atoms with Crippen molar-refractivity contribution in [2.75, 3.05) is 0 Å². The van der Waals surface area contributed by atoms with E-state index in [2.05, 4.69) is 44.2 Å². The normalized spacial score (nSPS) is 23.0. The molecule has 1 aliphatic rings. The lowest BCUT2D eigenvalue weighted by atomic mass is 9.75. The molecule has 21 heavy (non-hydrogen) atoms. The van der Waals surface area contributed by atoms with Crippen LogP contribution in [0.2, 0.25) is 0 Å². The van der Waals surface area contributed by atoms with E-state index in [1.807, 2.05) is 13.8 Å². The third-order valence-corrected chi connectivity index (χ3v) is 4.90. The zero-order valence-corrected chi connectivity index (χ0v) is 14.8. The van der Waals surface area contributed by atoms with Gasteiger partial charge in [-0.3, -0.25) is 0 Å². The third-order valence-electron chi connectivity index (χ3n) is 4.90. The molecule has 0 saturated heterocycles. The van der Waals surface area contributed by atoms with Crippen LogP contribution in [0.4, 0.5) is 0 Å². The summed E-state index contributed by atoms with van der Waals surface area (Å²) in [5, 5.41) is 0. The lowest BCUT2D eigenvalue weighted by Crippen LogP contribution is -2.15. The first-order valence-corrected chi connectivity index (χ1v) is 9.34. The fourth-order valence-electron chi connectivity index (χ4n) is 3.70. The first-order valence-electron chi connectivity index (χ1n) is 9.34. The number of hydrogen-bond donors (Lipinski definition) is 0. The van der Waals surface area contributed by atoms with Gasteiger partial charge in [-0.25, -0.2) is 0 Å². The van der Waals surface area contributed by atoms with Crippen molar-refractivity contribution < 1.29 is 0 Å². The molecular formula is C21H36. The van der Waals surface area contributed by atoms with Crippen LogP contribution in [0.15, 0.2) is 30.3 Å². The van der Waals surface area contributed by atoms with E-state index in [-0.39, 0.29) is 0 Å². The van der Waals surface area contributed by atoms with Gasteiger partial charge in [0.25, 0.3) is 0 Å². The van der Waals surface area contributed by atoms with Crippen molar-refractivity contribution in [2.45, 2.75) is 85.0 Å². The van der Waals surface area contributed by atoms with E-state index in [0.717, 1.165) is 17.8 Å². The highest BCUT2D eigenvalue weighted by Gasteiger charge is 2.23. The van der Waals surface area contributed by atoms with Gasteiger partial charge in [0.2, 0.25) is 0 Å². The first-order chi connectivity index (χ1) is 10.3. The Morgan fingerprint density at radius 3 is 2.19 bits per heavy atom. The SMILES string of the molecule is CC.CCCCC(C)CC1CCC(c2ccccc2)CC1. The van der Waals surface area contributed by atoms with Crippen molar-refractivity contribution in [3.8, 4) is 0 Å². The van der Waals surface area contributed by atoms with Crippen molar-refractivity contribution >= 4 is 0 Å². The second kappa shape index (κ2) is 10.9. The Morgan fingerprint density at radius 2 is 1.62 bits per heavy atom. The molecule has 1 aromatic rings. The molecule has 1 unspecified atom stereocenters. The van der Waals surface area contributed by atoms with Crippen molar-refractivity contribution in [1.29, 1.82) is 0 Å². The largest absolute Gasteiger partial charge is 0.0683 e. The number of benzene rings is 1. The van der Waals surface area contributed by atoms with Crippen LogP contribution in [-0.2, 0) is 0 Å². The summed E-state index contributed by atoms with van der Waals surface area (Å²) in [4.78, 5) is 0. The molecule has 1 saturated carbocycles. The topological polar surface area (TPSA) is 0 Å². The van der Waals surface area contributed by atoms with Crippen LogP contribution < -0.4 is 0 Å². The summed E-state index contributed by atoms with van der Waals surface area (Å²) in [6.07, 6.45) is 11.4. The van der Waals surface area contributed by atoms with E-state index in [0.29, 0.717) is 0 Å².